The second-order valence-corrected chi connectivity index (χ2v) is 11.7. The Kier molecular flexibility index (Phi) is 25.6. The molecule has 0 aromatic carbocycles. The van der Waals surface area contributed by atoms with Crippen LogP contribution in [-0.2, 0) is 0 Å². The van der Waals surface area contributed by atoms with Crippen molar-refractivity contribution < 1.29 is 0 Å². The number of hydrogen-bond donors (Lipinski definition) is 0. The lowest BCUT2D eigenvalue weighted by molar-refractivity contribution is 0.380. The van der Waals surface area contributed by atoms with Gasteiger partial charge in [0.05, 0.1) is 0 Å². The van der Waals surface area contributed by atoms with Crippen LogP contribution in [0, 0.1) is 17.8 Å². The lowest BCUT2D eigenvalue weighted by Crippen LogP contribution is -2.00. The van der Waals surface area contributed by atoms with Gasteiger partial charge in [-0.1, -0.05) is 189 Å². The Bertz CT molecular complexity index is 333. The molecular weight excluding hydrogens is 384 g/mol. The van der Waals surface area contributed by atoms with Crippen molar-refractivity contribution in [1.82, 2.24) is 0 Å². The van der Waals surface area contributed by atoms with Gasteiger partial charge in [0, 0.05) is 0 Å². The average molecular weight is 451 g/mol. The molecule has 0 bridgehead atoms. The van der Waals surface area contributed by atoms with Gasteiger partial charge in [-0.25, -0.2) is 0 Å². The molecule has 0 nitrogen and oxygen atoms in total. The molecule has 0 saturated carbocycles. The van der Waals surface area contributed by atoms with E-state index in [2.05, 4.69) is 34.6 Å². The summed E-state index contributed by atoms with van der Waals surface area (Å²) in [6.07, 6.45) is 35.1. The van der Waals surface area contributed by atoms with Crippen molar-refractivity contribution in [2.45, 2.75) is 189 Å². The van der Waals surface area contributed by atoms with E-state index in [1.165, 1.54) is 154 Å². The molecule has 0 radical (unpaired) electrons. The molecule has 194 valence electrons. The van der Waals surface area contributed by atoms with E-state index >= 15 is 0 Å². The smallest absolute Gasteiger partial charge is 0.0443 e. The molecule has 0 fully saturated rings. The molecule has 0 N–H and O–H groups in total. The second kappa shape index (κ2) is 25.6. The van der Waals surface area contributed by atoms with Crippen LogP contribution in [0.4, 0.5) is 0 Å². The molecule has 0 aromatic heterocycles. The molecule has 0 aliphatic heterocycles. The zero-order valence-corrected chi connectivity index (χ0v) is 23.7. The minimum Gasteiger partial charge on any atom is -0.0654 e. The first-order chi connectivity index (χ1) is 15.6. The maximum atomic E-state index is 2.50. The Balaban J connectivity index is 3.25. The normalized spacial score (nSPS) is 14.5. The number of unbranched alkanes of at least 4 members (excludes halogenated alkanes) is 15. The van der Waals surface area contributed by atoms with E-state index in [-0.39, 0.29) is 0 Å². The standard InChI is InChI=1S/C32H66/c1-6-8-9-10-11-12-13-14-15-16-17-18-19-20-21-22-25-31(4)28-24-29-32(5)27-23-26-30(3)7-2/h30-32H,6-29H2,1-5H3. The van der Waals surface area contributed by atoms with E-state index < -0.39 is 0 Å². The molecule has 0 aromatic rings. The van der Waals surface area contributed by atoms with E-state index in [1.54, 1.807) is 0 Å². The van der Waals surface area contributed by atoms with Crippen LogP contribution in [0.3, 0.4) is 0 Å². The molecule has 0 amide bonds. The Morgan fingerprint density at radius 2 is 0.594 bits per heavy atom. The lowest BCUT2D eigenvalue weighted by atomic mass is 9.91. The fourth-order valence-electron chi connectivity index (χ4n) is 5.16. The summed E-state index contributed by atoms with van der Waals surface area (Å²) in [5, 5.41) is 0. The molecule has 3 atom stereocenters. The fourth-order valence-corrected chi connectivity index (χ4v) is 5.16. The highest BCUT2D eigenvalue weighted by atomic mass is 14.1. The molecule has 0 aliphatic carbocycles. The molecule has 0 saturated heterocycles. The Hall–Kier alpha value is 0. The van der Waals surface area contributed by atoms with Crippen molar-refractivity contribution in [1.29, 1.82) is 0 Å². The minimum absolute atomic E-state index is 0.932. The highest BCUT2D eigenvalue weighted by Gasteiger charge is 2.07. The predicted molar refractivity (Wildman–Crippen MR) is 150 cm³/mol. The third-order valence-electron chi connectivity index (χ3n) is 8.04. The Labute approximate surface area is 206 Å². The van der Waals surface area contributed by atoms with Gasteiger partial charge in [-0.3, -0.25) is 0 Å². The van der Waals surface area contributed by atoms with Gasteiger partial charge < -0.3 is 0 Å². The van der Waals surface area contributed by atoms with Crippen LogP contribution in [0.1, 0.15) is 189 Å². The van der Waals surface area contributed by atoms with E-state index in [9.17, 15) is 0 Å². The van der Waals surface area contributed by atoms with Gasteiger partial charge in [0.1, 0.15) is 0 Å². The summed E-state index contributed by atoms with van der Waals surface area (Å²) in [7, 11) is 0. The van der Waals surface area contributed by atoms with E-state index in [0.717, 1.165) is 17.8 Å². The number of hydrogen-bond acceptors (Lipinski definition) is 0. The summed E-state index contributed by atoms with van der Waals surface area (Å²) in [5.41, 5.74) is 0. The topological polar surface area (TPSA) is 0 Å². The van der Waals surface area contributed by atoms with Crippen LogP contribution < -0.4 is 0 Å². The summed E-state index contributed by atoms with van der Waals surface area (Å²) in [5.74, 6) is 2.83. The molecule has 0 heteroatoms. The zero-order valence-electron chi connectivity index (χ0n) is 23.7. The molecule has 0 spiro atoms. The highest BCUT2D eigenvalue weighted by Crippen LogP contribution is 2.22. The summed E-state index contributed by atoms with van der Waals surface area (Å²) in [6.45, 7) is 12.0. The third-order valence-corrected chi connectivity index (χ3v) is 8.04. The van der Waals surface area contributed by atoms with Crippen LogP contribution in [-0.4, -0.2) is 0 Å². The Morgan fingerprint density at radius 1 is 0.312 bits per heavy atom. The van der Waals surface area contributed by atoms with Crippen LogP contribution in [0.25, 0.3) is 0 Å². The quantitative estimate of drug-likeness (QED) is 0.115. The summed E-state index contributed by atoms with van der Waals surface area (Å²) >= 11 is 0. The molecule has 32 heavy (non-hydrogen) atoms. The third kappa shape index (κ3) is 24.6. The van der Waals surface area contributed by atoms with Gasteiger partial charge in [0.2, 0.25) is 0 Å². The van der Waals surface area contributed by atoms with Crippen molar-refractivity contribution in [3.8, 4) is 0 Å². The van der Waals surface area contributed by atoms with E-state index in [1.807, 2.05) is 0 Å². The maximum Gasteiger partial charge on any atom is -0.0443 e. The Morgan fingerprint density at radius 3 is 0.938 bits per heavy atom. The zero-order chi connectivity index (χ0) is 23.7. The first-order valence-corrected chi connectivity index (χ1v) is 15.6. The average Bonchev–Trinajstić information content (AvgIpc) is 2.78. The fraction of sp³-hybridized carbons (Fsp3) is 1.00. The summed E-state index contributed by atoms with van der Waals surface area (Å²) in [6, 6.07) is 0. The molecule has 0 aliphatic rings. The van der Waals surface area contributed by atoms with Crippen LogP contribution >= 0.6 is 0 Å². The van der Waals surface area contributed by atoms with E-state index in [4.69, 9.17) is 0 Å². The van der Waals surface area contributed by atoms with Gasteiger partial charge in [-0.05, 0) is 17.8 Å². The summed E-state index contributed by atoms with van der Waals surface area (Å²) < 4.78 is 0. The van der Waals surface area contributed by atoms with Crippen molar-refractivity contribution in [2.24, 2.45) is 17.8 Å². The van der Waals surface area contributed by atoms with Crippen LogP contribution in [0.5, 0.6) is 0 Å². The van der Waals surface area contributed by atoms with Crippen molar-refractivity contribution in [2.75, 3.05) is 0 Å². The van der Waals surface area contributed by atoms with Gasteiger partial charge in [-0.2, -0.15) is 0 Å². The van der Waals surface area contributed by atoms with Gasteiger partial charge in [0.25, 0.3) is 0 Å². The van der Waals surface area contributed by atoms with Gasteiger partial charge >= 0.3 is 0 Å². The van der Waals surface area contributed by atoms with Crippen LogP contribution in [0.2, 0.25) is 0 Å². The monoisotopic (exact) mass is 451 g/mol. The van der Waals surface area contributed by atoms with Crippen molar-refractivity contribution in [3.05, 3.63) is 0 Å². The lowest BCUT2D eigenvalue weighted by Gasteiger charge is -2.15. The first kappa shape index (κ1) is 32.0. The van der Waals surface area contributed by atoms with E-state index in [0.29, 0.717) is 0 Å². The van der Waals surface area contributed by atoms with Gasteiger partial charge in [0.15, 0.2) is 0 Å². The van der Waals surface area contributed by atoms with Gasteiger partial charge in [-0.15, -0.1) is 0 Å². The molecular formula is C32H66. The molecule has 3 unspecified atom stereocenters. The van der Waals surface area contributed by atoms with Crippen LogP contribution in [0.15, 0.2) is 0 Å². The largest absolute Gasteiger partial charge is 0.0654 e. The minimum atomic E-state index is 0.932. The maximum absolute atomic E-state index is 2.50. The number of rotatable bonds is 26. The summed E-state index contributed by atoms with van der Waals surface area (Å²) in [4.78, 5) is 0. The predicted octanol–water partition coefficient (Wildman–Crippen LogP) is 12.3. The van der Waals surface area contributed by atoms with Crippen molar-refractivity contribution in [3.63, 3.8) is 0 Å². The highest BCUT2D eigenvalue weighted by molar-refractivity contribution is 4.60. The molecule has 0 heterocycles. The second-order valence-electron chi connectivity index (χ2n) is 11.7. The van der Waals surface area contributed by atoms with Crippen molar-refractivity contribution >= 4 is 0 Å². The first-order valence-electron chi connectivity index (χ1n) is 15.6. The SMILES string of the molecule is CCCCCCCCCCCCCCCCCCC(C)CCCC(C)CCCC(C)CC. The molecule has 0 rings (SSSR count).